The Morgan fingerprint density at radius 1 is 1.30 bits per heavy atom. The summed E-state index contributed by atoms with van der Waals surface area (Å²) in [5.74, 6) is -1.62. The highest BCUT2D eigenvalue weighted by Gasteiger charge is 2.17. The van der Waals surface area contributed by atoms with E-state index in [0.717, 1.165) is 18.2 Å². The van der Waals surface area contributed by atoms with Crippen LogP contribution < -0.4 is 11.1 Å². The molecule has 1 aromatic heterocycles. The standard InChI is InChI=1S/C12H10F2N4O2/c1-6-4-8(14)9(5-7(6)13)16-12-10(18(19)20)2-3-11(15)17-12/h2-5H,1H3,(H3,15,16,17). The van der Waals surface area contributed by atoms with Gasteiger partial charge in [-0.1, -0.05) is 0 Å². The Bertz CT molecular complexity index is 691. The van der Waals surface area contributed by atoms with Crippen molar-refractivity contribution in [3.63, 3.8) is 0 Å². The van der Waals surface area contributed by atoms with Crippen LogP contribution in [0.3, 0.4) is 0 Å². The molecule has 0 bridgehead atoms. The third-order valence-electron chi connectivity index (χ3n) is 2.59. The summed E-state index contributed by atoms with van der Waals surface area (Å²) in [4.78, 5) is 13.9. The number of nitrogens with zero attached hydrogens (tertiary/aromatic N) is 2. The smallest absolute Gasteiger partial charge is 0.311 e. The maximum atomic E-state index is 13.7. The zero-order chi connectivity index (χ0) is 14.9. The molecule has 1 aromatic carbocycles. The molecule has 0 amide bonds. The molecular formula is C12H10F2N4O2. The number of nitro groups is 1. The van der Waals surface area contributed by atoms with E-state index in [2.05, 4.69) is 10.3 Å². The number of hydrogen-bond acceptors (Lipinski definition) is 5. The highest BCUT2D eigenvalue weighted by Crippen LogP contribution is 2.28. The van der Waals surface area contributed by atoms with Gasteiger partial charge in [0.1, 0.15) is 17.5 Å². The minimum atomic E-state index is -0.748. The minimum absolute atomic E-state index is 0.0195. The number of rotatable bonds is 3. The molecule has 0 aliphatic carbocycles. The normalized spacial score (nSPS) is 10.3. The number of nitrogens with two attached hydrogens (primary N) is 1. The molecular weight excluding hydrogens is 270 g/mol. The lowest BCUT2D eigenvalue weighted by molar-refractivity contribution is -0.384. The van der Waals surface area contributed by atoms with E-state index in [-0.39, 0.29) is 28.6 Å². The minimum Gasteiger partial charge on any atom is -0.384 e. The highest BCUT2D eigenvalue weighted by molar-refractivity contribution is 5.67. The molecule has 0 aliphatic rings. The lowest BCUT2D eigenvalue weighted by Crippen LogP contribution is -2.04. The van der Waals surface area contributed by atoms with E-state index in [1.165, 1.54) is 13.0 Å². The quantitative estimate of drug-likeness (QED) is 0.666. The Kier molecular flexibility index (Phi) is 3.47. The summed E-state index contributed by atoms with van der Waals surface area (Å²) in [5, 5.41) is 13.2. The predicted molar refractivity (Wildman–Crippen MR) is 69.7 cm³/mol. The van der Waals surface area contributed by atoms with Crippen LogP contribution >= 0.6 is 0 Å². The first kappa shape index (κ1) is 13.7. The van der Waals surface area contributed by atoms with E-state index in [1.807, 2.05) is 0 Å². The van der Waals surface area contributed by atoms with Crippen molar-refractivity contribution in [1.82, 2.24) is 4.98 Å². The van der Waals surface area contributed by atoms with Crippen molar-refractivity contribution >= 4 is 23.0 Å². The molecule has 0 spiro atoms. The number of pyridine rings is 1. The molecule has 2 aromatic rings. The molecule has 0 fully saturated rings. The Morgan fingerprint density at radius 3 is 2.65 bits per heavy atom. The fraction of sp³-hybridized carbons (Fsp3) is 0.0833. The maximum Gasteiger partial charge on any atom is 0.311 e. The molecule has 0 radical (unpaired) electrons. The average Bonchev–Trinajstić information content (AvgIpc) is 2.35. The third-order valence-corrected chi connectivity index (χ3v) is 2.59. The van der Waals surface area contributed by atoms with E-state index >= 15 is 0 Å². The van der Waals surface area contributed by atoms with Crippen LogP contribution in [-0.4, -0.2) is 9.91 Å². The first-order chi connectivity index (χ1) is 9.38. The number of benzene rings is 1. The van der Waals surface area contributed by atoms with Gasteiger partial charge in [0.05, 0.1) is 10.6 Å². The largest absolute Gasteiger partial charge is 0.384 e. The fourth-order valence-corrected chi connectivity index (χ4v) is 1.58. The van der Waals surface area contributed by atoms with Crippen LogP contribution in [0.1, 0.15) is 5.56 Å². The van der Waals surface area contributed by atoms with Crippen LogP contribution in [0, 0.1) is 28.7 Å². The Balaban J connectivity index is 2.47. The van der Waals surface area contributed by atoms with Gasteiger partial charge in [-0.2, -0.15) is 0 Å². The number of aromatic nitrogens is 1. The van der Waals surface area contributed by atoms with Gasteiger partial charge in [-0.05, 0) is 24.6 Å². The molecule has 0 aliphatic heterocycles. The van der Waals surface area contributed by atoms with Gasteiger partial charge in [0.15, 0.2) is 0 Å². The van der Waals surface area contributed by atoms with Crippen LogP contribution in [0.2, 0.25) is 0 Å². The van der Waals surface area contributed by atoms with Crippen LogP contribution in [0.4, 0.5) is 31.8 Å². The number of nitrogens with one attached hydrogen (secondary N) is 1. The van der Waals surface area contributed by atoms with Crippen molar-refractivity contribution in [2.24, 2.45) is 0 Å². The highest BCUT2D eigenvalue weighted by atomic mass is 19.1. The first-order valence-corrected chi connectivity index (χ1v) is 5.52. The van der Waals surface area contributed by atoms with Crippen molar-refractivity contribution in [1.29, 1.82) is 0 Å². The van der Waals surface area contributed by atoms with Crippen molar-refractivity contribution in [2.45, 2.75) is 6.92 Å². The van der Waals surface area contributed by atoms with Gasteiger partial charge in [-0.25, -0.2) is 13.8 Å². The van der Waals surface area contributed by atoms with Crippen molar-refractivity contribution in [3.8, 4) is 0 Å². The zero-order valence-corrected chi connectivity index (χ0v) is 10.4. The SMILES string of the molecule is Cc1cc(F)c(Nc2nc(N)ccc2[N+](=O)[O-])cc1F. The maximum absolute atomic E-state index is 13.7. The average molecular weight is 280 g/mol. The predicted octanol–water partition coefficient (Wildman–Crippen LogP) is 2.90. The fourth-order valence-electron chi connectivity index (χ4n) is 1.58. The molecule has 2 rings (SSSR count). The summed E-state index contributed by atoms with van der Waals surface area (Å²) >= 11 is 0. The molecule has 0 atom stereocenters. The Morgan fingerprint density at radius 2 is 2.00 bits per heavy atom. The molecule has 3 N–H and O–H groups in total. The van der Waals surface area contributed by atoms with Crippen LogP contribution in [-0.2, 0) is 0 Å². The van der Waals surface area contributed by atoms with E-state index in [0.29, 0.717) is 0 Å². The molecule has 8 heteroatoms. The second kappa shape index (κ2) is 5.08. The second-order valence-electron chi connectivity index (χ2n) is 4.07. The van der Waals surface area contributed by atoms with Gasteiger partial charge >= 0.3 is 5.69 Å². The number of aryl methyl sites for hydroxylation is 1. The van der Waals surface area contributed by atoms with Crippen molar-refractivity contribution in [3.05, 3.63) is 51.6 Å². The number of hydrogen-bond donors (Lipinski definition) is 2. The number of nitrogen functional groups attached to an aromatic ring is 1. The van der Waals surface area contributed by atoms with E-state index in [1.54, 1.807) is 0 Å². The Hall–Kier alpha value is -2.77. The zero-order valence-electron chi connectivity index (χ0n) is 10.4. The van der Waals surface area contributed by atoms with Gasteiger partial charge in [-0.3, -0.25) is 10.1 Å². The summed E-state index contributed by atoms with van der Waals surface area (Å²) in [5.41, 5.74) is 4.92. The van der Waals surface area contributed by atoms with E-state index in [4.69, 9.17) is 5.73 Å². The van der Waals surface area contributed by atoms with Crippen LogP contribution in [0.5, 0.6) is 0 Å². The summed E-state index contributed by atoms with van der Waals surface area (Å²) in [7, 11) is 0. The lowest BCUT2D eigenvalue weighted by Gasteiger charge is -2.09. The molecule has 20 heavy (non-hydrogen) atoms. The monoisotopic (exact) mass is 280 g/mol. The van der Waals surface area contributed by atoms with Crippen LogP contribution in [0.15, 0.2) is 24.3 Å². The summed E-state index contributed by atoms with van der Waals surface area (Å²) in [6.07, 6.45) is 0. The lowest BCUT2D eigenvalue weighted by atomic mass is 10.2. The van der Waals surface area contributed by atoms with Crippen LogP contribution in [0.25, 0.3) is 0 Å². The molecule has 0 saturated carbocycles. The van der Waals surface area contributed by atoms with Gasteiger partial charge in [-0.15, -0.1) is 0 Å². The third kappa shape index (κ3) is 2.63. The van der Waals surface area contributed by atoms with Crippen molar-refractivity contribution in [2.75, 3.05) is 11.1 Å². The van der Waals surface area contributed by atoms with Crippen molar-refractivity contribution < 1.29 is 13.7 Å². The topological polar surface area (TPSA) is 94.1 Å². The van der Waals surface area contributed by atoms with Gasteiger partial charge in [0.25, 0.3) is 0 Å². The van der Waals surface area contributed by atoms with E-state index < -0.39 is 16.6 Å². The first-order valence-electron chi connectivity index (χ1n) is 5.52. The van der Waals surface area contributed by atoms with Gasteiger partial charge in [0, 0.05) is 12.1 Å². The molecule has 1 heterocycles. The number of anilines is 3. The van der Waals surface area contributed by atoms with Gasteiger partial charge < -0.3 is 11.1 Å². The summed E-state index contributed by atoms with van der Waals surface area (Å²) in [6.45, 7) is 1.41. The molecule has 0 unspecified atom stereocenters. The second-order valence-corrected chi connectivity index (χ2v) is 4.07. The molecule has 0 saturated heterocycles. The van der Waals surface area contributed by atoms with E-state index in [9.17, 15) is 18.9 Å². The number of halogens is 2. The molecule has 104 valence electrons. The molecule has 6 nitrogen and oxygen atoms in total. The summed E-state index contributed by atoms with van der Waals surface area (Å²) in [6, 6.07) is 4.26. The summed E-state index contributed by atoms with van der Waals surface area (Å²) < 4.78 is 27.1. The Labute approximate surface area is 112 Å². The van der Waals surface area contributed by atoms with Gasteiger partial charge in [0.2, 0.25) is 5.82 Å².